The quantitative estimate of drug-likeness (QED) is 0.868. The number of nitrogens with two attached hydrogens (primary N) is 1. The Bertz CT molecular complexity index is 394. The predicted octanol–water partition coefficient (Wildman–Crippen LogP) is 1.84. The van der Waals surface area contributed by atoms with Crippen molar-refractivity contribution >= 4 is 5.95 Å². The largest absolute Gasteiger partial charge is 0.338 e. The first-order chi connectivity index (χ1) is 8.29. The Hall–Kier alpha value is -1.03. The Morgan fingerprint density at radius 2 is 2.18 bits per heavy atom. The van der Waals surface area contributed by atoms with Gasteiger partial charge in [0.2, 0.25) is 5.95 Å². The van der Waals surface area contributed by atoms with E-state index in [0.717, 1.165) is 18.8 Å². The Morgan fingerprint density at radius 1 is 1.35 bits per heavy atom. The van der Waals surface area contributed by atoms with E-state index in [4.69, 9.17) is 10.7 Å². The molecule has 17 heavy (non-hydrogen) atoms. The molecule has 0 spiro atoms. The number of imidazole rings is 1. The maximum atomic E-state index is 5.90. The van der Waals surface area contributed by atoms with Crippen LogP contribution in [0.4, 0.5) is 5.95 Å². The van der Waals surface area contributed by atoms with Gasteiger partial charge in [-0.2, -0.15) is 0 Å². The molecule has 1 aromatic rings. The van der Waals surface area contributed by atoms with Crippen molar-refractivity contribution in [1.82, 2.24) is 9.55 Å². The molecule has 1 atom stereocenters. The first-order valence-corrected chi connectivity index (χ1v) is 6.82. The lowest BCUT2D eigenvalue weighted by Crippen LogP contribution is -2.45. The minimum Gasteiger partial charge on any atom is -0.338 e. The number of piperidine rings is 1. The minimum atomic E-state index is 0.489. The number of hydrogen-bond donors (Lipinski definition) is 1. The van der Waals surface area contributed by atoms with E-state index in [1.165, 1.54) is 38.1 Å². The van der Waals surface area contributed by atoms with Crippen molar-refractivity contribution in [2.75, 3.05) is 18.0 Å². The molecule has 4 heteroatoms. The number of hydrogen-bond acceptors (Lipinski definition) is 3. The number of aromatic nitrogens is 2. The summed E-state index contributed by atoms with van der Waals surface area (Å²) in [6.45, 7) is 3.95. The van der Waals surface area contributed by atoms with E-state index in [0.29, 0.717) is 12.1 Å². The van der Waals surface area contributed by atoms with Gasteiger partial charge in [0.15, 0.2) is 0 Å². The van der Waals surface area contributed by atoms with Gasteiger partial charge in [-0.1, -0.05) is 0 Å². The number of aryl methyl sites for hydroxylation is 1. The summed E-state index contributed by atoms with van der Waals surface area (Å²) in [6.07, 6.45) is 8.62. The molecule has 1 saturated carbocycles. The standard InChI is InChI=1S/C13H22N4/c1-10-9-17(11-5-6-11)13(15-10)16-7-3-2-4-12(16)8-14/h9,11-12H,2-8,14H2,1H3. The molecule has 0 bridgehead atoms. The van der Waals surface area contributed by atoms with Gasteiger partial charge in [-0.15, -0.1) is 0 Å². The van der Waals surface area contributed by atoms with E-state index in [2.05, 4.69) is 22.6 Å². The zero-order valence-electron chi connectivity index (χ0n) is 10.6. The smallest absolute Gasteiger partial charge is 0.206 e. The van der Waals surface area contributed by atoms with Crippen LogP contribution in [0, 0.1) is 6.92 Å². The van der Waals surface area contributed by atoms with Crippen LogP contribution in [0.15, 0.2) is 6.20 Å². The molecular formula is C13H22N4. The second kappa shape index (κ2) is 4.33. The van der Waals surface area contributed by atoms with Crippen LogP contribution in [-0.4, -0.2) is 28.7 Å². The third-order valence-electron chi connectivity index (χ3n) is 3.93. The molecule has 3 rings (SSSR count). The fourth-order valence-corrected chi connectivity index (χ4v) is 2.85. The maximum absolute atomic E-state index is 5.90. The third-order valence-corrected chi connectivity index (χ3v) is 3.93. The van der Waals surface area contributed by atoms with Crippen LogP contribution in [-0.2, 0) is 0 Å². The average molecular weight is 234 g/mol. The molecule has 0 aromatic carbocycles. The lowest BCUT2D eigenvalue weighted by atomic mass is 10.0. The normalized spacial score (nSPS) is 25.3. The highest BCUT2D eigenvalue weighted by molar-refractivity contribution is 5.37. The molecule has 1 saturated heterocycles. The Morgan fingerprint density at radius 3 is 2.88 bits per heavy atom. The van der Waals surface area contributed by atoms with Crippen molar-refractivity contribution in [2.24, 2.45) is 5.73 Å². The molecule has 1 unspecified atom stereocenters. The average Bonchev–Trinajstić information content (AvgIpc) is 3.12. The molecule has 2 N–H and O–H groups in total. The lowest BCUT2D eigenvalue weighted by Gasteiger charge is -2.36. The molecule has 4 nitrogen and oxygen atoms in total. The van der Waals surface area contributed by atoms with Crippen molar-refractivity contribution in [3.05, 3.63) is 11.9 Å². The molecule has 0 radical (unpaired) electrons. The number of rotatable bonds is 3. The summed E-state index contributed by atoms with van der Waals surface area (Å²) < 4.78 is 2.38. The van der Waals surface area contributed by atoms with Crippen molar-refractivity contribution in [1.29, 1.82) is 0 Å². The molecule has 94 valence electrons. The molecule has 1 aromatic heterocycles. The summed E-state index contributed by atoms with van der Waals surface area (Å²) in [7, 11) is 0. The second-order valence-electron chi connectivity index (χ2n) is 5.40. The van der Waals surface area contributed by atoms with E-state index in [9.17, 15) is 0 Å². The summed E-state index contributed by atoms with van der Waals surface area (Å²) in [6, 6.07) is 1.19. The lowest BCUT2D eigenvalue weighted by molar-refractivity contribution is 0.451. The molecule has 0 amide bonds. The van der Waals surface area contributed by atoms with Crippen molar-refractivity contribution in [2.45, 2.75) is 51.1 Å². The third kappa shape index (κ3) is 2.06. The Balaban J connectivity index is 1.90. The zero-order chi connectivity index (χ0) is 11.8. The Kier molecular flexibility index (Phi) is 2.82. The van der Waals surface area contributed by atoms with Crippen LogP contribution in [0.2, 0.25) is 0 Å². The second-order valence-corrected chi connectivity index (χ2v) is 5.40. The fraction of sp³-hybridized carbons (Fsp3) is 0.769. The van der Waals surface area contributed by atoms with Gasteiger partial charge in [0.05, 0.1) is 5.69 Å². The maximum Gasteiger partial charge on any atom is 0.206 e. The van der Waals surface area contributed by atoms with E-state index in [1.807, 2.05) is 0 Å². The van der Waals surface area contributed by atoms with Gasteiger partial charge < -0.3 is 15.2 Å². The number of anilines is 1. The molecule has 1 aliphatic carbocycles. The summed E-state index contributed by atoms with van der Waals surface area (Å²) in [5.74, 6) is 1.17. The number of nitrogens with zero attached hydrogens (tertiary/aromatic N) is 3. The summed E-state index contributed by atoms with van der Waals surface area (Å²) in [4.78, 5) is 7.17. The van der Waals surface area contributed by atoms with E-state index >= 15 is 0 Å². The van der Waals surface area contributed by atoms with Gasteiger partial charge in [-0.3, -0.25) is 0 Å². The van der Waals surface area contributed by atoms with Gasteiger partial charge in [0.25, 0.3) is 0 Å². The molecular weight excluding hydrogens is 212 g/mol. The van der Waals surface area contributed by atoms with Gasteiger partial charge >= 0.3 is 0 Å². The molecule has 1 aliphatic heterocycles. The van der Waals surface area contributed by atoms with E-state index < -0.39 is 0 Å². The summed E-state index contributed by atoms with van der Waals surface area (Å²) in [5, 5.41) is 0. The van der Waals surface area contributed by atoms with Crippen molar-refractivity contribution in [3.8, 4) is 0 Å². The first-order valence-electron chi connectivity index (χ1n) is 6.82. The van der Waals surface area contributed by atoms with Crippen LogP contribution in [0.25, 0.3) is 0 Å². The summed E-state index contributed by atoms with van der Waals surface area (Å²) in [5.41, 5.74) is 7.03. The zero-order valence-corrected chi connectivity index (χ0v) is 10.6. The molecule has 2 heterocycles. The predicted molar refractivity (Wildman–Crippen MR) is 69.3 cm³/mol. The Labute approximate surface area is 103 Å². The topological polar surface area (TPSA) is 47.1 Å². The van der Waals surface area contributed by atoms with Crippen LogP contribution >= 0.6 is 0 Å². The van der Waals surface area contributed by atoms with Crippen molar-refractivity contribution in [3.63, 3.8) is 0 Å². The van der Waals surface area contributed by atoms with E-state index in [-0.39, 0.29) is 0 Å². The highest BCUT2D eigenvalue weighted by Gasteiger charge is 2.31. The molecule has 2 aliphatic rings. The van der Waals surface area contributed by atoms with Gasteiger partial charge in [0, 0.05) is 31.4 Å². The van der Waals surface area contributed by atoms with E-state index in [1.54, 1.807) is 0 Å². The van der Waals surface area contributed by atoms with Gasteiger partial charge in [-0.25, -0.2) is 4.98 Å². The van der Waals surface area contributed by atoms with Crippen LogP contribution in [0.5, 0.6) is 0 Å². The van der Waals surface area contributed by atoms with Gasteiger partial charge in [-0.05, 0) is 39.0 Å². The summed E-state index contributed by atoms with van der Waals surface area (Å²) >= 11 is 0. The monoisotopic (exact) mass is 234 g/mol. The van der Waals surface area contributed by atoms with Crippen molar-refractivity contribution < 1.29 is 0 Å². The van der Waals surface area contributed by atoms with Gasteiger partial charge in [0.1, 0.15) is 0 Å². The molecule has 2 fully saturated rings. The first kappa shape index (κ1) is 11.1. The highest BCUT2D eigenvalue weighted by atomic mass is 15.3. The highest BCUT2D eigenvalue weighted by Crippen LogP contribution is 2.39. The SMILES string of the molecule is Cc1cn(C2CC2)c(N2CCCCC2CN)n1. The van der Waals surface area contributed by atoms with Crippen LogP contribution < -0.4 is 10.6 Å². The fourth-order valence-electron chi connectivity index (χ4n) is 2.85. The van der Waals surface area contributed by atoms with Crippen LogP contribution in [0.1, 0.15) is 43.8 Å². The minimum absolute atomic E-state index is 0.489. The van der Waals surface area contributed by atoms with Crippen LogP contribution in [0.3, 0.4) is 0 Å².